The van der Waals surface area contributed by atoms with Crippen molar-refractivity contribution < 1.29 is 4.74 Å². The number of nitrogens with zero attached hydrogens (tertiary/aromatic N) is 5. The topological polar surface area (TPSA) is 137 Å². The first-order valence-electron chi connectivity index (χ1n) is 6.67. The molecule has 0 radical (unpaired) electrons. The number of aromatic nitrogens is 4. The standard InChI is InChI=1S/C15H10ClN7O/c16-11-5-6-12(23-22-11)24-9-3-1-8(2-4-9)13-10(7-17)14(18)21-15(19)20-13/h1-6H,(H4,18,19,20,21). The van der Waals surface area contributed by atoms with Crippen molar-refractivity contribution in [1.82, 2.24) is 20.2 Å². The lowest BCUT2D eigenvalue weighted by atomic mass is 10.1. The van der Waals surface area contributed by atoms with Crippen LogP contribution in [0.3, 0.4) is 0 Å². The number of ether oxygens (including phenoxy) is 1. The number of rotatable bonds is 3. The molecule has 0 amide bonds. The van der Waals surface area contributed by atoms with Crippen LogP contribution in [0.1, 0.15) is 5.56 Å². The van der Waals surface area contributed by atoms with Gasteiger partial charge in [0, 0.05) is 11.6 Å². The predicted molar refractivity (Wildman–Crippen MR) is 88.1 cm³/mol. The Balaban J connectivity index is 1.90. The zero-order valence-electron chi connectivity index (χ0n) is 12.1. The molecule has 0 aliphatic carbocycles. The number of nitrogen functional groups attached to an aromatic ring is 2. The van der Waals surface area contributed by atoms with Crippen molar-refractivity contribution in [1.29, 1.82) is 5.26 Å². The molecule has 0 spiro atoms. The minimum atomic E-state index is -0.00161. The minimum Gasteiger partial charge on any atom is -0.438 e. The molecular weight excluding hydrogens is 330 g/mol. The maximum Gasteiger partial charge on any atom is 0.238 e. The molecular formula is C15H10ClN7O. The molecule has 0 atom stereocenters. The Morgan fingerprint density at radius 3 is 2.38 bits per heavy atom. The molecule has 3 rings (SSSR count). The fraction of sp³-hybridized carbons (Fsp3) is 0. The van der Waals surface area contributed by atoms with E-state index in [0.717, 1.165) is 0 Å². The molecule has 0 unspecified atom stereocenters. The molecule has 24 heavy (non-hydrogen) atoms. The summed E-state index contributed by atoms with van der Waals surface area (Å²) >= 11 is 5.67. The van der Waals surface area contributed by atoms with E-state index < -0.39 is 0 Å². The summed E-state index contributed by atoms with van der Waals surface area (Å²) in [5.74, 6) is 0.874. The van der Waals surface area contributed by atoms with Gasteiger partial charge >= 0.3 is 0 Å². The van der Waals surface area contributed by atoms with Gasteiger partial charge in [-0.1, -0.05) is 11.6 Å². The maximum atomic E-state index is 9.22. The van der Waals surface area contributed by atoms with E-state index in [1.54, 1.807) is 36.4 Å². The highest BCUT2D eigenvalue weighted by Gasteiger charge is 2.13. The van der Waals surface area contributed by atoms with Crippen LogP contribution in [0.4, 0.5) is 11.8 Å². The van der Waals surface area contributed by atoms with Crippen LogP contribution in [0.5, 0.6) is 11.6 Å². The highest BCUT2D eigenvalue weighted by Crippen LogP contribution is 2.28. The molecule has 0 saturated carbocycles. The highest BCUT2D eigenvalue weighted by molar-refractivity contribution is 6.29. The van der Waals surface area contributed by atoms with Crippen molar-refractivity contribution >= 4 is 23.4 Å². The van der Waals surface area contributed by atoms with E-state index >= 15 is 0 Å². The van der Waals surface area contributed by atoms with Crippen LogP contribution in [-0.4, -0.2) is 20.2 Å². The van der Waals surface area contributed by atoms with E-state index in [0.29, 0.717) is 22.9 Å². The SMILES string of the molecule is N#Cc1c(N)nc(N)nc1-c1ccc(Oc2ccc(Cl)nn2)cc1. The Kier molecular flexibility index (Phi) is 4.09. The summed E-state index contributed by atoms with van der Waals surface area (Å²) in [5, 5.41) is 17.0. The number of nitriles is 1. The second kappa shape index (κ2) is 6.36. The number of nitrogens with two attached hydrogens (primary N) is 2. The number of benzene rings is 1. The smallest absolute Gasteiger partial charge is 0.238 e. The summed E-state index contributed by atoms with van der Waals surface area (Å²) in [6.45, 7) is 0. The summed E-state index contributed by atoms with van der Waals surface area (Å²) in [7, 11) is 0. The number of anilines is 2. The van der Waals surface area contributed by atoms with Crippen molar-refractivity contribution in [2.75, 3.05) is 11.5 Å². The van der Waals surface area contributed by atoms with Gasteiger partial charge in [-0.15, -0.1) is 10.2 Å². The van der Waals surface area contributed by atoms with Crippen LogP contribution in [0, 0.1) is 11.3 Å². The Bertz CT molecular complexity index is 920. The average molecular weight is 340 g/mol. The molecule has 118 valence electrons. The normalized spacial score (nSPS) is 10.2. The van der Waals surface area contributed by atoms with Crippen molar-refractivity contribution in [2.45, 2.75) is 0 Å². The molecule has 9 heteroatoms. The Labute approximate surface area is 141 Å². The first-order chi connectivity index (χ1) is 11.6. The van der Waals surface area contributed by atoms with Gasteiger partial charge in [-0.25, -0.2) is 4.98 Å². The van der Waals surface area contributed by atoms with Gasteiger partial charge < -0.3 is 16.2 Å². The lowest BCUT2D eigenvalue weighted by Gasteiger charge is -2.08. The molecule has 0 bridgehead atoms. The van der Waals surface area contributed by atoms with Crippen LogP contribution in [0.2, 0.25) is 5.15 Å². The van der Waals surface area contributed by atoms with E-state index in [1.165, 1.54) is 0 Å². The fourth-order valence-corrected chi connectivity index (χ4v) is 2.08. The fourth-order valence-electron chi connectivity index (χ4n) is 1.97. The first-order valence-corrected chi connectivity index (χ1v) is 7.05. The van der Waals surface area contributed by atoms with Gasteiger partial charge in [0.05, 0.1) is 5.69 Å². The van der Waals surface area contributed by atoms with E-state index in [2.05, 4.69) is 20.2 Å². The third kappa shape index (κ3) is 3.16. The quantitative estimate of drug-likeness (QED) is 0.742. The van der Waals surface area contributed by atoms with Crippen LogP contribution < -0.4 is 16.2 Å². The predicted octanol–water partition coefficient (Wildman–Crippen LogP) is 2.42. The van der Waals surface area contributed by atoms with E-state index in [-0.39, 0.29) is 22.5 Å². The van der Waals surface area contributed by atoms with Crippen molar-refractivity contribution in [3.63, 3.8) is 0 Å². The number of hydrogen-bond acceptors (Lipinski definition) is 8. The second-order valence-electron chi connectivity index (χ2n) is 4.62. The van der Waals surface area contributed by atoms with Crippen LogP contribution in [0.15, 0.2) is 36.4 Å². The lowest BCUT2D eigenvalue weighted by Crippen LogP contribution is -2.04. The zero-order valence-corrected chi connectivity index (χ0v) is 12.9. The largest absolute Gasteiger partial charge is 0.438 e. The van der Waals surface area contributed by atoms with Gasteiger partial charge in [0.2, 0.25) is 11.8 Å². The average Bonchev–Trinajstić information content (AvgIpc) is 2.57. The van der Waals surface area contributed by atoms with Gasteiger partial charge in [-0.05, 0) is 30.3 Å². The second-order valence-corrected chi connectivity index (χ2v) is 5.01. The third-order valence-corrected chi connectivity index (χ3v) is 3.23. The summed E-state index contributed by atoms with van der Waals surface area (Å²) < 4.78 is 5.55. The molecule has 3 aromatic rings. The minimum absolute atomic E-state index is 0.00161. The van der Waals surface area contributed by atoms with Crippen molar-refractivity contribution in [2.24, 2.45) is 0 Å². The summed E-state index contributed by atoms with van der Waals surface area (Å²) in [6, 6.07) is 12.0. The zero-order chi connectivity index (χ0) is 17.1. The molecule has 8 nitrogen and oxygen atoms in total. The first kappa shape index (κ1) is 15.5. The summed E-state index contributed by atoms with van der Waals surface area (Å²) in [4.78, 5) is 7.87. The molecule has 0 aliphatic rings. The molecule has 2 heterocycles. The van der Waals surface area contributed by atoms with Gasteiger partial charge in [-0.2, -0.15) is 10.2 Å². The Morgan fingerprint density at radius 2 is 1.75 bits per heavy atom. The van der Waals surface area contributed by atoms with Gasteiger partial charge in [0.15, 0.2) is 5.15 Å². The van der Waals surface area contributed by atoms with E-state index in [4.69, 9.17) is 27.8 Å². The molecule has 0 aliphatic heterocycles. The van der Waals surface area contributed by atoms with Crippen molar-refractivity contribution in [3.8, 4) is 29.0 Å². The number of hydrogen-bond donors (Lipinski definition) is 2. The Hall–Kier alpha value is -3.44. The Morgan fingerprint density at radius 1 is 1.00 bits per heavy atom. The monoisotopic (exact) mass is 339 g/mol. The van der Waals surface area contributed by atoms with Gasteiger partial charge in [0.25, 0.3) is 0 Å². The molecule has 4 N–H and O–H groups in total. The lowest BCUT2D eigenvalue weighted by molar-refractivity contribution is 0.455. The van der Waals surface area contributed by atoms with Gasteiger partial charge in [0.1, 0.15) is 23.2 Å². The molecule has 0 fully saturated rings. The maximum absolute atomic E-state index is 9.22. The third-order valence-electron chi connectivity index (χ3n) is 3.02. The van der Waals surface area contributed by atoms with Crippen molar-refractivity contribution in [3.05, 3.63) is 47.1 Å². The van der Waals surface area contributed by atoms with Gasteiger partial charge in [-0.3, -0.25) is 0 Å². The van der Waals surface area contributed by atoms with E-state index in [9.17, 15) is 5.26 Å². The molecule has 0 saturated heterocycles. The van der Waals surface area contributed by atoms with Crippen LogP contribution in [-0.2, 0) is 0 Å². The highest BCUT2D eigenvalue weighted by atomic mass is 35.5. The molecule has 1 aromatic carbocycles. The van der Waals surface area contributed by atoms with Crippen LogP contribution in [0.25, 0.3) is 11.3 Å². The summed E-state index contributed by atoms with van der Waals surface area (Å²) in [5.41, 5.74) is 12.5. The summed E-state index contributed by atoms with van der Waals surface area (Å²) in [6.07, 6.45) is 0. The van der Waals surface area contributed by atoms with Crippen LogP contribution >= 0.6 is 11.6 Å². The molecule has 2 aromatic heterocycles. The number of halogens is 1. The van der Waals surface area contributed by atoms with E-state index in [1.807, 2.05) is 6.07 Å².